The summed E-state index contributed by atoms with van der Waals surface area (Å²) >= 11 is 1.91. The second-order valence-corrected chi connectivity index (χ2v) is 7.84. The molecule has 1 heterocycles. The van der Waals surface area contributed by atoms with Crippen LogP contribution in [0.25, 0.3) is 0 Å². The average Bonchev–Trinajstić information content (AvgIpc) is 3.42. The van der Waals surface area contributed by atoms with Gasteiger partial charge in [0.1, 0.15) is 0 Å². The number of benzene rings is 1. The SMILES string of the molecule is c1ccc(CC2CSC(=NCC(C3CC3)C3CC3)N2)cc1. The Hall–Kier alpha value is -0.960. The summed E-state index contributed by atoms with van der Waals surface area (Å²) in [7, 11) is 0. The minimum Gasteiger partial charge on any atom is -0.361 e. The van der Waals surface area contributed by atoms with E-state index in [1.807, 2.05) is 11.8 Å². The van der Waals surface area contributed by atoms with E-state index < -0.39 is 0 Å². The van der Waals surface area contributed by atoms with Crippen molar-refractivity contribution in [1.29, 1.82) is 0 Å². The third-order valence-electron chi connectivity index (χ3n) is 4.97. The van der Waals surface area contributed by atoms with Crippen molar-refractivity contribution in [3.05, 3.63) is 35.9 Å². The lowest BCUT2D eigenvalue weighted by Crippen LogP contribution is -2.29. The molecule has 0 radical (unpaired) electrons. The molecule has 1 aromatic rings. The van der Waals surface area contributed by atoms with E-state index in [2.05, 4.69) is 35.6 Å². The zero-order chi connectivity index (χ0) is 14.1. The van der Waals surface area contributed by atoms with Crippen molar-refractivity contribution in [3.63, 3.8) is 0 Å². The van der Waals surface area contributed by atoms with Crippen LogP contribution in [0.1, 0.15) is 31.2 Å². The van der Waals surface area contributed by atoms with Gasteiger partial charge in [-0.1, -0.05) is 42.1 Å². The van der Waals surface area contributed by atoms with E-state index >= 15 is 0 Å². The molecule has 0 spiro atoms. The minimum absolute atomic E-state index is 0.552. The Morgan fingerprint density at radius 2 is 1.81 bits per heavy atom. The van der Waals surface area contributed by atoms with Crippen LogP contribution in [0.15, 0.2) is 35.3 Å². The molecule has 2 nitrogen and oxygen atoms in total. The summed E-state index contributed by atoms with van der Waals surface area (Å²) in [5.74, 6) is 4.07. The third-order valence-corrected chi connectivity index (χ3v) is 6.06. The maximum atomic E-state index is 4.91. The molecule has 2 aliphatic carbocycles. The molecular formula is C18H24N2S. The highest BCUT2D eigenvalue weighted by molar-refractivity contribution is 8.14. The fourth-order valence-corrected chi connectivity index (χ4v) is 4.43. The first kappa shape index (κ1) is 13.7. The second kappa shape index (κ2) is 6.04. The van der Waals surface area contributed by atoms with Crippen LogP contribution in [0.3, 0.4) is 0 Å². The molecule has 1 aliphatic heterocycles. The molecule has 3 fully saturated rings. The Morgan fingerprint density at radius 3 is 2.48 bits per heavy atom. The summed E-state index contributed by atoms with van der Waals surface area (Å²) in [5.41, 5.74) is 1.42. The van der Waals surface area contributed by atoms with Gasteiger partial charge in [-0.25, -0.2) is 0 Å². The first-order chi connectivity index (χ1) is 10.4. The van der Waals surface area contributed by atoms with Gasteiger partial charge in [0.2, 0.25) is 0 Å². The Balaban J connectivity index is 1.30. The summed E-state index contributed by atoms with van der Waals surface area (Å²) < 4.78 is 0. The normalized spacial score (nSPS) is 27.3. The van der Waals surface area contributed by atoms with Gasteiger partial charge in [0.25, 0.3) is 0 Å². The number of amidine groups is 1. The van der Waals surface area contributed by atoms with Gasteiger partial charge in [0.15, 0.2) is 5.17 Å². The number of rotatable bonds is 6. The largest absolute Gasteiger partial charge is 0.361 e. The molecule has 0 amide bonds. The highest BCUT2D eigenvalue weighted by Crippen LogP contribution is 2.49. The molecule has 1 aromatic carbocycles. The first-order valence-electron chi connectivity index (χ1n) is 8.36. The Morgan fingerprint density at radius 1 is 1.10 bits per heavy atom. The quantitative estimate of drug-likeness (QED) is 0.866. The highest BCUT2D eigenvalue weighted by Gasteiger charge is 2.41. The van der Waals surface area contributed by atoms with Gasteiger partial charge in [0.05, 0.1) is 0 Å². The van der Waals surface area contributed by atoms with Crippen molar-refractivity contribution in [1.82, 2.24) is 5.32 Å². The summed E-state index contributed by atoms with van der Waals surface area (Å²) in [6.07, 6.45) is 6.96. The number of nitrogens with zero attached hydrogens (tertiary/aromatic N) is 1. The van der Waals surface area contributed by atoms with E-state index in [0.717, 1.165) is 36.5 Å². The van der Waals surface area contributed by atoms with E-state index in [1.165, 1.54) is 36.4 Å². The number of hydrogen-bond acceptors (Lipinski definition) is 2. The summed E-state index contributed by atoms with van der Waals surface area (Å²) in [4.78, 5) is 4.91. The Kier molecular flexibility index (Phi) is 3.93. The van der Waals surface area contributed by atoms with Gasteiger partial charge < -0.3 is 5.32 Å². The van der Waals surface area contributed by atoms with Crippen molar-refractivity contribution in [2.24, 2.45) is 22.7 Å². The fraction of sp³-hybridized carbons (Fsp3) is 0.611. The highest BCUT2D eigenvalue weighted by atomic mass is 32.2. The van der Waals surface area contributed by atoms with Crippen LogP contribution in [0, 0.1) is 17.8 Å². The van der Waals surface area contributed by atoms with Crippen molar-refractivity contribution >= 4 is 16.9 Å². The monoisotopic (exact) mass is 300 g/mol. The number of aliphatic imine (C=N–C) groups is 1. The molecule has 0 bridgehead atoms. The fourth-order valence-electron chi connectivity index (χ4n) is 3.46. The number of thioether (sulfide) groups is 1. The molecule has 1 unspecified atom stereocenters. The van der Waals surface area contributed by atoms with E-state index in [0.29, 0.717) is 6.04 Å². The third kappa shape index (κ3) is 3.63. The molecule has 4 rings (SSSR count). The van der Waals surface area contributed by atoms with Gasteiger partial charge >= 0.3 is 0 Å². The standard InChI is InChI=1S/C18H24N2S/c1-2-4-13(5-3-1)10-16-12-21-18(20-16)19-11-17(14-6-7-14)15-8-9-15/h1-5,14-17H,6-12H2,(H,19,20). The molecule has 3 aliphatic rings. The zero-order valence-electron chi connectivity index (χ0n) is 12.5. The van der Waals surface area contributed by atoms with Crippen LogP contribution >= 0.6 is 11.8 Å². The van der Waals surface area contributed by atoms with Crippen molar-refractivity contribution in [2.45, 2.75) is 38.1 Å². The van der Waals surface area contributed by atoms with Crippen LogP contribution in [-0.4, -0.2) is 23.5 Å². The predicted molar refractivity (Wildman–Crippen MR) is 90.8 cm³/mol. The van der Waals surface area contributed by atoms with Crippen LogP contribution in [0.5, 0.6) is 0 Å². The lowest BCUT2D eigenvalue weighted by Gasteiger charge is -2.13. The van der Waals surface area contributed by atoms with E-state index in [9.17, 15) is 0 Å². The Bertz CT molecular complexity index is 493. The Labute approximate surface area is 131 Å². The average molecular weight is 300 g/mol. The van der Waals surface area contributed by atoms with E-state index in [4.69, 9.17) is 4.99 Å². The maximum Gasteiger partial charge on any atom is 0.156 e. The summed E-state index contributed by atoms with van der Waals surface area (Å²) in [6, 6.07) is 11.3. The smallest absolute Gasteiger partial charge is 0.156 e. The van der Waals surface area contributed by atoms with E-state index in [1.54, 1.807) is 0 Å². The number of nitrogens with one attached hydrogen (secondary N) is 1. The van der Waals surface area contributed by atoms with E-state index in [-0.39, 0.29) is 0 Å². The van der Waals surface area contributed by atoms with Crippen LogP contribution in [0.4, 0.5) is 0 Å². The lowest BCUT2D eigenvalue weighted by atomic mass is 9.98. The first-order valence-corrected chi connectivity index (χ1v) is 9.35. The molecule has 1 atom stereocenters. The maximum absolute atomic E-state index is 4.91. The van der Waals surface area contributed by atoms with Gasteiger partial charge in [-0.2, -0.15) is 0 Å². The molecule has 1 saturated heterocycles. The van der Waals surface area contributed by atoms with Gasteiger partial charge in [0, 0.05) is 18.3 Å². The van der Waals surface area contributed by atoms with Gasteiger partial charge in [-0.3, -0.25) is 4.99 Å². The van der Waals surface area contributed by atoms with Gasteiger partial charge in [-0.15, -0.1) is 0 Å². The summed E-state index contributed by atoms with van der Waals surface area (Å²) in [5, 5.41) is 4.82. The predicted octanol–water partition coefficient (Wildman–Crippen LogP) is 3.73. The summed E-state index contributed by atoms with van der Waals surface area (Å²) in [6.45, 7) is 1.07. The zero-order valence-corrected chi connectivity index (χ0v) is 13.3. The minimum atomic E-state index is 0.552. The molecule has 21 heavy (non-hydrogen) atoms. The van der Waals surface area contributed by atoms with Gasteiger partial charge in [-0.05, 0) is 55.4 Å². The lowest BCUT2D eigenvalue weighted by molar-refractivity contribution is 0.418. The van der Waals surface area contributed by atoms with Crippen molar-refractivity contribution in [3.8, 4) is 0 Å². The van der Waals surface area contributed by atoms with Crippen molar-refractivity contribution < 1.29 is 0 Å². The molecule has 112 valence electrons. The van der Waals surface area contributed by atoms with Crippen LogP contribution in [-0.2, 0) is 6.42 Å². The molecular weight excluding hydrogens is 276 g/mol. The van der Waals surface area contributed by atoms with Crippen molar-refractivity contribution in [2.75, 3.05) is 12.3 Å². The second-order valence-electron chi connectivity index (χ2n) is 6.83. The molecule has 0 aromatic heterocycles. The van der Waals surface area contributed by atoms with Crippen LogP contribution < -0.4 is 5.32 Å². The number of hydrogen-bond donors (Lipinski definition) is 1. The molecule has 3 heteroatoms. The topological polar surface area (TPSA) is 24.4 Å². The molecule has 1 N–H and O–H groups in total. The van der Waals surface area contributed by atoms with Crippen LogP contribution in [0.2, 0.25) is 0 Å². The molecule has 2 saturated carbocycles.